The second-order valence-corrected chi connectivity index (χ2v) is 12.8. The van der Waals surface area contributed by atoms with Crippen molar-refractivity contribution in [2.24, 2.45) is 11.8 Å². The van der Waals surface area contributed by atoms with Crippen LogP contribution in [-0.4, -0.2) is 78.5 Å². The maximum Gasteiger partial charge on any atom is 0.410 e. The molecule has 5 aliphatic heterocycles. The number of likely N-dealkylation sites (tertiary alicyclic amines) is 1. The fourth-order valence-electron chi connectivity index (χ4n) is 7.11. The predicted molar refractivity (Wildman–Crippen MR) is 131 cm³/mol. The van der Waals surface area contributed by atoms with Crippen LogP contribution in [0.2, 0.25) is 0 Å². The summed E-state index contributed by atoms with van der Waals surface area (Å²) in [5.74, 6) is 0.471. The van der Waals surface area contributed by atoms with Gasteiger partial charge in [0.05, 0.1) is 45.3 Å². The second kappa shape index (κ2) is 8.25. The lowest BCUT2D eigenvalue weighted by Crippen LogP contribution is -2.61. The smallest absolute Gasteiger partial charge is 0.410 e. The van der Waals surface area contributed by atoms with Crippen LogP contribution in [0.1, 0.15) is 25.3 Å². The fourth-order valence-corrected chi connectivity index (χ4v) is 7.28. The van der Waals surface area contributed by atoms with Gasteiger partial charge in [0.25, 0.3) is 5.91 Å². The van der Waals surface area contributed by atoms with Gasteiger partial charge in [-0.3, -0.25) is 9.63 Å². The molecule has 6 aliphatic rings. The Kier molecular flexibility index (Phi) is 5.69. The van der Waals surface area contributed by atoms with E-state index in [1.54, 1.807) is 18.1 Å². The summed E-state index contributed by atoms with van der Waals surface area (Å²) in [6, 6.07) is 5.17. The van der Waals surface area contributed by atoms with E-state index in [9.17, 15) is 9.59 Å². The molecule has 196 valence electrons. The molecule has 7 atom stereocenters. The fraction of sp³-hybridized carbons (Fsp3) is 0.667. The van der Waals surface area contributed by atoms with Crippen molar-refractivity contribution in [2.45, 2.75) is 52.8 Å². The third-order valence-electron chi connectivity index (χ3n) is 8.77. The zero-order valence-electron chi connectivity index (χ0n) is 20.0. The van der Waals surface area contributed by atoms with Crippen LogP contribution >= 0.6 is 34.8 Å². The highest BCUT2D eigenvalue weighted by Gasteiger charge is 2.73. The van der Waals surface area contributed by atoms with E-state index in [2.05, 4.69) is 0 Å². The molecule has 12 heteroatoms. The van der Waals surface area contributed by atoms with Gasteiger partial charge in [-0.25, -0.2) is 4.79 Å². The quantitative estimate of drug-likeness (QED) is 0.411. The van der Waals surface area contributed by atoms with E-state index in [-0.39, 0.29) is 36.5 Å². The van der Waals surface area contributed by atoms with Gasteiger partial charge in [0.2, 0.25) is 3.79 Å². The number of amides is 2. The van der Waals surface area contributed by atoms with Gasteiger partial charge in [-0.2, -0.15) is 5.06 Å². The number of carbonyl (C=O) groups excluding carboxylic acids is 2. The topological polar surface area (TPSA) is 90.1 Å². The summed E-state index contributed by atoms with van der Waals surface area (Å²) < 4.78 is 21.7. The number of carbonyl (C=O) groups is 2. The van der Waals surface area contributed by atoms with E-state index in [0.29, 0.717) is 37.4 Å². The first-order valence-corrected chi connectivity index (χ1v) is 13.1. The maximum atomic E-state index is 14.1. The first-order chi connectivity index (χ1) is 17.1. The number of halogens is 3. The van der Waals surface area contributed by atoms with Gasteiger partial charge >= 0.3 is 6.09 Å². The normalized spacial score (nSPS) is 38.4. The number of rotatable bonds is 3. The number of fused-ring (bicyclic) bond motifs is 2. The van der Waals surface area contributed by atoms with E-state index in [1.807, 2.05) is 19.1 Å². The van der Waals surface area contributed by atoms with Gasteiger partial charge < -0.3 is 23.8 Å². The predicted octanol–water partition coefficient (Wildman–Crippen LogP) is 3.61. The molecule has 36 heavy (non-hydrogen) atoms. The third-order valence-corrected chi connectivity index (χ3v) is 9.10. The summed E-state index contributed by atoms with van der Waals surface area (Å²) in [5.41, 5.74) is -0.161. The Morgan fingerprint density at radius 2 is 2.03 bits per heavy atom. The van der Waals surface area contributed by atoms with E-state index >= 15 is 0 Å². The molecule has 1 aliphatic carbocycles. The number of alkyl halides is 3. The Bertz CT molecular complexity index is 1120. The average molecular weight is 562 g/mol. The SMILES string of the molecule is COc1ccc2c(c1)N(OC)C(=O)[C@@]21C[C@H]2[C@H]3CO[C@H]1C[C@H]3[C@@]1(CN2C(=O)OCC(Cl)(Cl)Cl)O[C@@H]1C. The van der Waals surface area contributed by atoms with Gasteiger partial charge in [0.15, 0.2) is 0 Å². The third kappa shape index (κ3) is 3.39. The van der Waals surface area contributed by atoms with Gasteiger partial charge in [-0.15, -0.1) is 0 Å². The molecule has 0 aromatic heterocycles. The van der Waals surface area contributed by atoms with Crippen molar-refractivity contribution in [1.29, 1.82) is 0 Å². The van der Waals surface area contributed by atoms with Crippen molar-refractivity contribution in [3.8, 4) is 5.75 Å². The molecule has 5 heterocycles. The number of ether oxygens (including phenoxy) is 4. The Balaban J connectivity index is 1.45. The molecule has 5 fully saturated rings. The molecule has 2 spiro atoms. The van der Waals surface area contributed by atoms with Crippen LogP contribution in [-0.2, 0) is 29.3 Å². The highest BCUT2D eigenvalue weighted by Crippen LogP contribution is 2.62. The van der Waals surface area contributed by atoms with E-state index < -0.39 is 27.0 Å². The minimum absolute atomic E-state index is 0.0338. The molecule has 2 amide bonds. The molecular weight excluding hydrogens is 535 g/mol. The number of nitrogens with zero attached hydrogens (tertiary/aromatic N) is 2. The number of benzene rings is 1. The summed E-state index contributed by atoms with van der Waals surface area (Å²) in [5, 5.41) is 1.31. The first kappa shape index (κ1) is 24.8. The molecule has 0 N–H and O–H groups in total. The monoisotopic (exact) mass is 560 g/mol. The molecule has 7 rings (SSSR count). The lowest BCUT2D eigenvalue weighted by atomic mass is 9.70. The number of hydroxylamine groups is 1. The molecule has 4 bridgehead atoms. The van der Waals surface area contributed by atoms with E-state index in [4.69, 9.17) is 58.6 Å². The van der Waals surface area contributed by atoms with Crippen LogP contribution in [0.4, 0.5) is 10.5 Å². The highest BCUT2D eigenvalue weighted by atomic mass is 35.6. The Labute approximate surface area is 223 Å². The van der Waals surface area contributed by atoms with Crippen molar-refractivity contribution in [3.05, 3.63) is 23.8 Å². The molecule has 1 aromatic rings. The van der Waals surface area contributed by atoms with Crippen LogP contribution in [0.15, 0.2) is 18.2 Å². The Morgan fingerprint density at radius 3 is 2.67 bits per heavy atom. The molecule has 9 nitrogen and oxygen atoms in total. The Morgan fingerprint density at radius 1 is 1.28 bits per heavy atom. The number of epoxide rings is 1. The van der Waals surface area contributed by atoms with Crippen molar-refractivity contribution in [1.82, 2.24) is 4.90 Å². The van der Waals surface area contributed by atoms with Crippen molar-refractivity contribution >= 4 is 52.5 Å². The largest absolute Gasteiger partial charge is 0.497 e. The summed E-state index contributed by atoms with van der Waals surface area (Å²) in [4.78, 5) is 34.7. The minimum Gasteiger partial charge on any atom is -0.497 e. The lowest BCUT2D eigenvalue weighted by Gasteiger charge is -2.48. The number of methoxy groups -OCH3 is 1. The summed E-state index contributed by atoms with van der Waals surface area (Å²) >= 11 is 17.5. The van der Waals surface area contributed by atoms with Crippen LogP contribution in [0.25, 0.3) is 0 Å². The van der Waals surface area contributed by atoms with Crippen LogP contribution in [0.5, 0.6) is 5.75 Å². The van der Waals surface area contributed by atoms with Crippen molar-refractivity contribution in [2.75, 3.05) is 39.0 Å². The minimum atomic E-state index is -1.74. The molecular formula is C24H27Cl3N2O7. The van der Waals surface area contributed by atoms with Crippen molar-refractivity contribution < 1.29 is 33.4 Å². The molecule has 1 aromatic carbocycles. The molecule has 0 unspecified atom stereocenters. The lowest BCUT2D eigenvalue weighted by molar-refractivity contribution is -0.140. The molecule has 0 radical (unpaired) electrons. The summed E-state index contributed by atoms with van der Waals surface area (Å²) in [6.07, 6.45) is -0.0552. The van der Waals surface area contributed by atoms with E-state index in [0.717, 1.165) is 5.56 Å². The summed E-state index contributed by atoms with van der Waals surface area (Å²) in [6.45, 7) is 2.37. The van der Waals surface area contributed by atoms with Crippen LogP contribution in [0, 0.1) is 11.8 Å². The van der Waals surface area contributed by atoms with Gasteiger partial charge in [-0.05, 0) is 31.4 Å². The zero-order chi connectivity index (χ0) is 25.6. The Hall–Kier alpha value is -1.49. The number of hydrogen-bond donors (Lipinski definition) is 0. The number of piperidine rings is 1. The van der Waals surface area contributed by atoms with Gasteiger partial charge in [0, 0.05) is 23.9 Å². The molecule has 4 saturated heterocycles. The average Bonchev–Trinajstić information content (AvgIpc) is 3.50. The van der Waals surface area contributed by atoms with Crippen LogP contribution < -0.4 is 9.80 Å². The second-order valence-electron chi connectivity index (χ2n) is 10.2. The number of anilines is 1. The summed E-state index contributed by atoms with van der Waals surface area (Å²) in [7, 11) is 3.03. The standard InChI is InChI=1S/C24H27Cl3N2O7/c1-12-23(36-12)10-28(21(31)35-11-24(25,26)27)18-8-22(19-7-16(23)14(18)9-34-19)15-5-4-13(32-2)6-17(15)29(33-3)20(22)30/h4-6,12,14,16,18-19H,7-11H2,1-3H3/t12-,14+,16-,18+,19+,22+,23+/m1/s1. The highest BCUT2D eigenvalue weighted by molar-refractivity contribution is 6.67. The van der Waals surface area contributed by atoms with E-state index in [1.165, 1.54) is 12.2 Å². The van der Waals surface area contributed by atoms with Crippen molar-refractivity contribution in [3.63, 3.8) is 0 Å². The number of hydrogen-bond acceptors (Lipinski definition) is 7. The van der Waals surface area contributed by atoms with Crippen LogP contribution in [0.3, 0.4) is 0 Å². The first-order valence-electron chi connectivity index (χ1n) is 11.9. The van der Waals surface area contributed by atoms with Gasteiger partial charge in [0.1, 0.15) is 23.4 Å². The maximum absolute atomic E-state index is 14.1. The molecule has 1 saturated carbocycles. The zero-order valence-corrected chi connectivity index (χ0v) is 22.3. The van der Waals surface area contributed by atoms with Gasteiger partial charge in [-0.1, -0.05) is 40.9 Å².